The van der Waals surface area contributed by atoms with E-state index in [0.29, 0.717) is 17.5 Å². The minimum Gasteiger partial charge on any atom is -0.358 e. The van der Waals surface area contributed by atoms with Crippen molar-refractivity contribution in [2.45, 2.75) is 13.5 Å². The molecule has 2 aromatic rings. The number of hydrogen-bond donors (Lipinski definition) is 0. The number of pyridine rings is 1. The minimum absolute atomic E-state index is 0.0301. The molecule has 0 aliphatic carbocycles. The van der Waals surface area contributed by atoms with Crippen LogP contribution in [0.25, 0.3) is 0 Å². The molecule has 0 aromatic carbocycles. The zero-order chi connectivity index (χ0) is 12.4. The Morgan fingerprint density at radius 3 is 2.76 bits per heavy atom. The van der Waals surface area contributed by atoms with E-state index in [9.17, 15) is 10.1 Å². The summed E-state index contributed by atoms with van der Waals surface area (Å²) in [6.45, 7) is 2.07. The van der Waals surface area contributed by atoms with E-state index in [1.807, 2.05) is 0 Å². The van der Waals surface area contributed by atoms with Crippen LogP contribution in [0.15, 0.2) is 24.5 Å². The summed E-state index contributed by atoms with van der Waals surface area (Å²) in [6.07, 6.45) is 2.84. The second-order valence-electron chi connectivity index (χ2n) is 3.50. The fourth-order valence-corrected chi connectivity index (χ4v) is 1.59. The Bertz CT molecular complexity index is 550. The molecule has 0 amide bonds. The summed E-state index contributed by atoms with van der Waals surface area (Å²) in [5, 5.41) is 11.2. The van der Waals surface area contributed by atoms with E-state index in [0.717, 1.165) is 5.56 Å². The minimum atomic E-state index is -0.455. The Balaban J connectivity index is 2.32. The number of aryl methyl sites for hydroxylation is 1. The van der Waals surface area contributed by atoms with Gasteiger partial charge in [-0.05, 0) is 11.0 Å². The van der Waals surface area contributed by atoms with Gasteiger partial charge in [-0.2, -0.15) is 0 Å². The van der Waals surface area contributed by atoms with Gasteiger partial charge in [-0.3, -0.25) is 0 Å². The molecule has 0 radical (unpaired) electrons. The van der Waals surface area contributed by atoms with Gasteiger partial charge in [0.15, 0.2) is 5.82 Å². The summed E-state index contributed by atoms with van der Waals surface area (Å²) >= 11 is 5.67. The Morgan fingerprint density at radius 1 is 1.41 bits per heavy atom. The lowest BCUT2D eigenvalue weighted by molar-refractivity contribution is -0.392. The molecule has 6 nitrogen and oxygen atoms in total. The third-order valence-electron chi connectivity index (χ3n) is 2.35. The van der Waals surface area contributed by atoms with Gasteiger partial charge in [-0.25, -0.2) is 14.5 Å². The van der Waals surface area contributed by atoms with Crippen molar-refractivity contribution in [3.8, 4) is 0 Å². The van der Waals surface area contributed by atoms with Gasteiger partial charge in [-0.1, -0.05) is 17.7 Å². The highest BCUT2D eigenvalue weighted by atomic mass is 35.5. The number of rotatable bonds is 3. The van der Waals surface area contributed by atoms with E-state index in [2.05, 4.69) is 9.97 Å². The Labute approximate surface area is 102 Å². The van der Waals surface area contributed by atoms with Crippen molar-refractivity contribution in [3.63, 3.8) is 0 Å². The zero-order valence-electron chi connectivity index (χ0n) is 9.00. The highest BCUT2D eigenvalue weighted by molar-refractivity contribution is 6.29. The van der Waals surface area contributed by atoms with Gasteiger partial charge in [0.25, 0.3) is 0 Å². The summed E-state index contributed by atoms with van der Waals surface area (Å²) in [6, 6.07) is 3.42. The predicted octanol–water partition coefficient (Wildman–Crippen LogP) is 2.20. The molecule has 2 aromatic heterocycles. The van der Waals surface area contributed by atoms with Crippen molar-refractivity contribution >= 4 is 17.4 Å². The first-order valence-corrected chi connectivity index (χ1v) is 5.22. The van der Waals surface area contributed by atoms with E-state index in [-0.39, 0.29) is 5.82 Å². The first-order chi connectivity index (χ1) is 8.08. The van der Waals surface area contributed by atoms with E-state index in [4.69, 9.17) is 11.6 Å². The van der Waals surface area contributed by atoms with Gasteiger partial charge in [0.05, 0.1) is 0 Å². The molecule has 0 N–H and O–H groups in total. The predicted molar refractivity (Wildman–Crippen MR) is 62.0 cm³/mol. The first kappa shape index (κ1) is 11.5. The topological polar surface area (TPSA) is 73.8 Å². The molecule has 0 aliphatic rings. The molecule has 0 aliphatic heterocycles. The summed E-state index contributed by atoms with van der Waals surface area (Å²) in [5.41, 5.74) is 0.832. The lowest BCUT2D eigenvalue weighted by Gasteiger charge is -2.02. The average Bonchev–Trinajstić information content (AvgIpc) is 2.64. The number of halogens is 1. The molecule has 0 saturated carbocycles. The molecule has 0 bridgehead atoms. The second-order valence-corrected chi connectivity index (χ2v) is 3.88. The number of nitro groups is 1. The van der Waals surface area contributed by atoms with Crippen LogP contribution in [-0.2, 0) is 6.54 Å². The molecule has 0 fully saturated rings. The summed E-state index contributed by atoms with van der Waals surface area (Å²) in [5.74, 6) is 0.559. The van der Waals surface area contributed by atoms with Crippen molar-refractivity contribution < 1.29 is 4.92 Å². The van der Waals surface area contributed by atoms with Gasteiger partial charge in [0.1, 0.15) is 17.9 Å². The molecule has 2 heterocycles. The van der Waals surface area contributed by atoms with Crippen LogP contribution in [0.4, 0.5) is 5.82 Å². The Kier molecular flexibility index (Phi) is 3.06. The third kappa shape index (κ3) is 2.42. The van der Waals surface area contributed by atoms with Crippen LogP contribution in [0.1, 0.15) is 11.4 Å². The van der Waals surface area contributed by atoms with E-state index < -0.39 is 4.92 Å². The molecule has 0 saturated heterocycles. The Hall–Kier alpha value is -1.95. The van der Waals surface area contributed by atoms with Gasteiger partial charge in [-0.15, -0.1) is 0 Å². The SMILES string of the molecule is Cc1ncc([N+](=O)[O-])n1Cc1ccc(Cl)nc1. The van der Waals surface area contributed by atoms with Crippen LogP contribution in [0.5, 0.6) is 0 Å². The normalized spacial score (nSPS) is 10.5. The molecule has 7 heteroatoms. The molecule has 0 unspecified atom stereocenters. The van der Waals surface area contributed by atoms with Crippen LogP contribution in [-0.4, -0.2) is 19.5 Å². The van der Waals surface area contributed by atoms with Crippen molar-refractivity contribution in [3.05, 3.63) is 51.2 Å². The fourth-order valence-electron chi connectivity index (χ4n) is 1.48. The van der Waals surface area contributed by atoms with Crippen molar-refractivity contribution in [1.82, 2.24) is 14.5 Å². The molecule has 88 valence electrons. The first-order valence-electron chi connectivity index (χ1n) is 4.85. The number of aromatic nitrogens is 3. The van der Waals surface area contributed by atoms with E-state index in [1.54, 1.807) is 25.3 Å². The van der Waals surface area contributed by atoms with Crippen molar-refractivity contribution in [2.24, 2.45) is 0 Å². The van der Waals surface area contributed by atoms with Crippen LogP contribution in [0.2, 0.25) is 5.15 Å². The highest BCUT2D eigenvalue weighted by Gasteiger charge is 2.17. The second kappa shape index (κ2) is 4.50. The van der Waals surface area contributed by atoms with Crippen LogP contribution < -0.4 is 0 Å². The maximum atomic E-state index is 10.8. The van der Waals surface area contributed by atoms with Gasteiger partial charge >= 0.3 is 5.82 Å². The lowest BCUT2D eigenvalue weighted by Crippen LogP contribution is -2.06. The monoisotopic (exact) mass is 252 g/mol. The lowest BCUT2D eigenvalue weighted by atomic mass is 10.3. The van der Waals surface area contributed by atoms with Crippen LogP contribution in [0.3, 0.4) is 0 Å². The van der Waals surface area contributed by atoms with E-state index in [1.165, 1.54) is 10.8 Å². The molecule has 17 heavy (non-hydrogen) atoms. The summed E-state index contributed by atoms with van der Waals surface area (Å²) in [7, 11) is 0. The molecule has 2 rings (SSSR count). The third-order valence-corrected chi connectivity index (χ3v) is 2.57. The summed E-state index contributed by atoms with van der Waals surface area (Å²) in [4.78, 5) is 18.2. The fraction of sp³-hybridized carbons (Fsp3) is 0.200. The average molecular weight is 253 g/mol. The number of imidazole rings is 1. The smallest absolute Gasteiger partial charge is 0.343 e. The number of nitrogens with zero attached hydrogens (tertiary/aromatic N) is 4. The standard InChI is InChI=1S/C10H9ClN4O2/c1-7-12-5-10(15(16)17)14(7)6-8-2-3-9(11)13-4-8/h2-5H,6H2,1H3. The Morgan fingerprint density at radius 2 is 2.18 bits per heavy atom. The number of hydrogen-bond acceptors (Lipinski definition) is 4. The van der Waals surface area contributed by atoms with Gasteiger partial charge in [0, 0.05) is 18.7 Å². The largest absolute Gasteiger partial charge is 0.358 e. The summed E-state index contributed by atoms with van der Waals surface area (Å²) < 4.78 is 1.52. The quantitative estimate of drug-likeness (QED) is 0.477. The van der Waals surface area contributed by atoms with Crippen LogP contribution in [0, 0.1) is 17.0 Å². The van der Waals surface area contributed by atoms with E-state index >= 15 is 0 Å². The molecular formula is C10H9ClN4O2. The maximum absolute atomic E-state index is 10.8. The molecule has 0 spiro atoms. The highest BCUT2D eigenvalue weighted by Crippen LogP contribution is 2.16. The van der Waals surface area contributed by atoms with Gasteiger partial charge in [0.2, 0.25) is 0 Å². The molecular weight excluding hydrogens is 244 g/mol. The van der Waals surface area contributed by atoms with Crippen molar-refractivity contribution in [1.29, 1.82) is 0 Å². The van der Waals surface area contributed by atoms with Gasteiger partial charge < -0.3 is 10.1 Å². The van der Waals surface area contributed by atoms with Crippen LogP contribution >= 0.6 is 11.6 Å². The zero-order valence-corrected chi connectivity index (χ0v) is 9.76. The molecule has 0 atom stereocenters. The van der Waals surface area contributed by atoms with Crippen molar-refractivity contribution in [2.75, 3.05) is 0 Å². The maximum Gasteiger partial charge on any atom is 0.343 e.